The molecule has 0 aliphatic heterocycles. The molecule has 0 bridgehead atoms. The van der Waals surface area contributed by atoms with Crippen LogP contribution in [0.5, 0.6) is 0 Å². The summed E-state index contributed by atoms with van der Waals surface area (Å²) in [5, 5.41) is 10.3. The van der Waals surface area contributed by atoms with Crippen molar-refractivity contribution in [3.05, 3.63) is 34.9 Å². The van der Waals surface area contributed by atoms with Crippen LogP contribution in [0.3, 0.4) is 0 Å². The molecular formula is C16H21F3O. The number of aliphatic hydroxyl groups is 1. The van der Waals surface area contributed by atoms with Crippen molar-refractivity contribution in [2.45, 2.75) is 57.7 Å². The van der Waals surface area contributed by atoms with Gasteiger partial charge in [-0.05, 0) is 42.5 Å². The first-order valence-electron chi connectivity index (χ1n) is 7.23. The second-order valence-corrected chi connectivity index (χ2v) is 5.82. The maximum Gasteiger partial charge on any atom is 0.416 e. The van der Waals surface area contributed by atoms with Gasteiger partial charge in [0.2, 0.25) is 0 Å². The highest BCUT2D eigenvalue weighted by atomic mass is 19.4. The molecule has 0 aromatic heterocycles. The lowest BCUT2D eigenvalue weighted by molar-refractivity contribution is -0.137. The van der Waals surface area contributed by atoms with Gasteiger partial charge in [0, 0.05) is 0 Å². The van der Waals surface area contributed by atoms with Gasteiger partial charge < -0.3 is 5.11 Å². The number of benzene rings is 1. The summed E-state index contributed by atoms with van der Waals surface area (Å²) in [6.07, 6.45) is 1.58. The molecule has 1 aromatic carbocycles. The second kappa shape index (κ2) is 6.17. The summed E-state index contributed by atoms with van der Waals surface area (Å²) in [4.78, 5) is 0. The van der Waals surface area contributed by atoms with Crippen molar-refractivity contribution in [1.29, 1.82) is 0 Å². The van der Waals surface area contributed by atoms with Crippen molar-refractivity contribution in [1.82, 2.24) is 0 Å². The Balaban J connectivity index is 2.07. The second-order valence-electron chi connectivity index (χ2n) is 5.82. The van der Waals surface area contributed by atoms with Crippen LogP contribution in [0.1, 0.15) is 61.3 Å². The summed E-state index contributed by atoms with van der Waals surface area (Å²) < 4.78 is 37.8. The van der Waals surface area contributed by atoms with Crippen molar-refractivity contribution in [2.24, 2.45) is 5.92 Å². The van der Waals surface area contributed by atoms with Crippen molar-refractivity contribution in [3.63, 3.8) is 0 Å². The van der Waals surface area contributed by atoms with Crippen LogP contribution in [0.4, 0.5) is 13.2 Å². The standard InChI is InChI=1S/C16H21F3O/c1-11-9-13(16(17,18)19)7-8-14(11)15(20)10-12-5-3-2-4-6-12/h7-9,12,15,20H,2-6,10H2,1H3. The molecule has 1 unspecified atom stereocenters. The Bertz CT molecular complexity index is 448. The molecule has 4 heteroatoms. The minimum atomic E-state index is -4.32. The number of aryl methyl sites for hydroxylation is 1. The van der Waals surface area contributed by atoms with Crippen molar-refractivity contribution in [3.8, 4) is 0 Å². The van der Waals surface area contributed by atoms with E-state index in [0.29, 0.717) is 23.5 Å². The largest absolute Gasteiger partial charge is 0.416 e. The molecule has 0 amide bonds. The van der Waals surface area contributed by atoms with Gasteiger partial charge in [0.15, 0.2) is 0 Å². The van der Waals surface area contributed by atoms with E-state index in [-0.39, 0.29) is 0 Å². The number of rotatable bonds is 3. The number of aliphatic hydroxyl groups excluding tert-OH is 1. The first-order valence-corrected chi connectivity index (χ1v) is 7.23. The summed E-state index contributed by atoms with van der Waals surface area (Å²) in [7, 11) is 0. The summed E-state index contributed by atoms with van der Waals surface area (Å²) in [5.74, 6) is 0.500. The SMILES string of the molecule is Cc1cc(C(F)(F)F)ccc1C(O)CC1CCCCC1. The lowest BCUT2D eigenvalue weighted by Gasteiger charge is -2.25. The molecular weight excluding hydrogens is 265 g/mol. The predicted molar refractivity (Wildman–Crippen MR) is 72.3 cm³/mol. The first kappa shape index (κ1) is 15.4. The van der Waals surface area contributed by atoms with Crippen LogP contribution < -0.4 is 0 Å². The van der Waals surface area contributed by atoms with E-state index in [9.17, 15) is 18.3 Å². The average molecular weight is 286 g/mol. The molecule has 1 aromatic rings. The molecule has 2 rings (SSSR count). The van der Waals surface area contributed by atoms with Crippen molar-refractivity contribution >= 4 is 0 Å². The molecule has 20 heavy (non-hydrogen) atoms. The molecule has 1 atom stereocenters. The summed E-state index contributed by atoms with van der Waals surface area (Å²) in [6.45, 7) is 1.63. The number of hydrogen-bond donors (Lipinski definition) is 1. The number of alkyl halides is 3. The molecule has 1 nitrogen and oxygen atoms in total. The van der Waals surface area contributed by atoms with Gasteiger partial charge in [-0.3, -0.25) is 0 Å². The zero-order valence-corrected chi connectivity index (χ0v) is 11.7. The maximum atomic E-state index is 12.6. The van der Waals surface area contributed by atoms with Gasteiger partial charge in [0.25, 0.3) is 0 Å². The predicted octanol–water partition coefficient (Wildman–Crippen LogP) is 5.02. The van der Waals surface area contributed by atoms with E-state index in [1.165, 1.54) is 25.3 Å². The van der Waals surface area contributed by atoms with Gasteiger partial charge in [-0.2, -0.15) is 13.2 Å². The minimum absolute atomic E-state index is 0.500. The fraction of sp³-hybridized carbons (Fsp3) is 0.625. The van der Waals surface area contributed by atoms with Gasteiger partial charge in [0.1, 0.15) is 0 Å². The van der Waals surface area contributed by atoms with E-state index in [0.717, 1.165) is 25.0 Å². The summed E-state index contributed by atoms with van der Waals surface area (Å²) in [6, 6.07) is 3.61. The average Bonchev–Trinajstić information content (AvgIpc) is 2.38. The van der Waals surface area contributed by atoms with E-state index in [1.807, 2.05) is 0 Å². The Hall–Kier alpha value is -1.03. The molecule has 1 N–H and O–H groups in total. The normalized spacial score (nSPS) is 19.1. The van der Waals surface area contributed by atoms with E-state index >= 15 is 0 Å². The van der Waals surface area contributed by atoms with Crippen LogP contribution >= 0.6 is 0 Å². The lowest BCUT2D eigenvalue weighted by Crippen LogP contribution is -2.12. The third-order valence-electron chi connectivity index (χ3n) is 4.24. The molecule has 1 aliphatic carbocycles. The zero-order chi connectivity index (χ0) is 14.8. The summed E-state index contributed by atoms with van der Waals surface area (Å²) >= 11 is 0. The lowest BCUT2D eigenvalue weighted by atomic mass is 9.83. The van der Waals surface area contributed by atoms with Gasteiger partial charge in [-0.1, -0.05) is 38.2 Å². The van der Waals surface area contributed by atoms with Gasteiger partial charge in [0.05, 0.1) is 11.7 Å². The quantitative estimate of drug-likeness (QED) is 0.827. The third kappa shape index (κ3) is 3.75. The maximum absolute atomic E-state index is 12.6. The summed E-state index contributed by atoms with van der Waals surface area (Å²) in [5.41, 5.74) is 0.496. The van der Waals surface area contributed by atoms with Gasteiger partial charge >= 0.3 is 6.18 Å². The van der Waals surface area contributed by atoms with Crippen LogP contribution in [0, 0.1) is 12.8 Å². The van der Waals surface area contributed by atoms with Crippen LogP contribution in [-0.4, -0.2) is 5.11 Å². The van der Waals surface area contributed by atoms with Gasteiger partial charge in [-0.25, -0.2) is 0 Å². The van der Waals surface area contributed by atoms with Crippen LogP contribution in [0.2, 0.25) is 0 Å². The molecule has 1 aliphatic rings. The minimum Gasteiger partial charge on any atom is -0.388 e. The molecule has 0 radical (unpaired) electrons. The molecule has 0 spiro atoms. The smallest absolute Gasteiger partial charge is 0.388 e. The third-order valence-corrected chi connectivity index (χ3v) is 4.24. The Morgan fingerprint density at radius 3 is 2.40 bits per heavy atom. The Kier molecular flexibility index (Phi) is 4.74. The highest BCUT2D eigenvalue weighted by Gasteiger charge is 2.31. The van der Waals surface area contributed by atoms with E-state index in [2.05, 4.69) is 0 Å². The van der Waals surface area contributed by atoms with Crippen molar-refractivity contribution < 1.29 is 18.3 Å². The van der Waals surface area contributed by atoms with E-state index in [4.69, 9.17) is 0 Å². The van der Waals surface area contributed by atoms with Gasteiger partial charge in [-0.15, -0.1) is 0 Å². The molecule has 1 fully saturated rings. The van der Waals surface area contributed by atoms with E-state index < -0.39 is 17.8 Å². The molecule has 0 heterocycles. The monoisotopic (exact) mass is 286 g/mol. The van der Waals surface area contributed by atoms with Crippen LogP contribution in [0.15, 0.2) is 18.2 Å². The number of hydrogen-bond acceptors (Lipinski definition) is 1. The number of halogens is 3. The zero-order valence-electron chi connectivity index (χ0n) is 11.7. The Labute approximate surface area is 117 Å². The Morgan fingerprint density at radius 2 is 1.85 bits per heavy atom. The van der Waals surface area contributed by atoms with E-state index in [1.54, 1.807) is 6.92 Å². The highest BCUT2D eigenvalue weighted by molar-refractivity contribution is 5.34. The Morgan fingerprint density at radius 1 is 1.20 bits per heavy atom. The fourth-order valence-electron chi connectivity index (χ4n) is 3.09. The van der Waals surface area contributed by atoms with Crippen molar-refractivity contribution in [2.75, 3.05) is 0 Å². The molecule has 112 valence electrons. The van der Waals surface area contributed by atoms with Crippen LogP contribution in [-0.2, 0) is 6.18 Å². The topological polar surface area (TPSA) is 20.2 Å². The fourth-order valence-corrected chi connectivity index (χ4v) is 3.09. The molecule has 1 saturated carbocycles. The first-order chi connectivity index (χ1) is 9.38. The molecule has 0 saturated heterocycles. The highest BCUT2D eigenvalue weighted by Crippen LogP contribution is 2.35. The van der Waals surface area contributed by atoms with Crippen LogP contribution in [0.25, 0.3) is 0 Å².